The second-order valence-electron chi connectivity index (χ2n) is 8.14. The first-order valence-corrected chi connectivity index (χ1v) is 11.0. The molecule has 7 nitrogen and oxygen atoms in total. The summed E-state index contributed by atoms with van der Waals surface area (Å²) in [5, 5.41) is 3.02. The molecule has 0 spiro atoms. The van der Waals surface area contributed by atoms with E-state index in [1.165, 1.54) is 0 Å². The van der Waals surface area contributed by atoms with Gasteiger partial charge in [0.2, 0.25) is 11.8 Å². The Hall–Kier alpha value is -2.57. The molecular formula is C23H33N3O4. The monoisotopic (exact) mass is 415 g/mol. The number of likely N-dealkylation sites (tertiary alicyclic amines) is 2. The van der Waals surface area contributed by atoms with E-state index in [0.717, 1.165) is 45.2 Å². The predicted molar refractivity (Wildman–Crippen MR) is 114 cm³/mol. The van der Waals surface area contributed by atoms with Crippen LogP contribution in [-0.2, 0) is 9.59 Å². The Labute approximate surface area is 178 Å². The summed E-state index contributed by atoms with van der Waals surface area (Å²) in [4.78, 5) is 42.0. The molecule has 2 saturated heterocycles. The molecule has 0 aliphatic carbocycles. The Morgan fingerprint density at radius 1 is 1.00 bits per heavy atom. The standard InChI is InChI=1S/C23H33N3O4/c1-3-20(27)25-15-11-17(12-16-25)21(23(29)26-13-5-4-6-14-26)24-22(28)18-7-9-19(30-2)10-8-18/h7-10,17,21H,3-6,11-16H2,1-2H3,(H,24,28). The number of carbonyl (C=O) groups is 3. The van der Waals surface area contributed by atoms with Gasteiger partial charge >= 0.3 is 0 Å². The lowest BCUT2D eigenvalue weighted by Gasteiger charge is -2.38. The van der Waals surface area contributed by atoms with Crippen LogP contribution in [0.1, 0.15) is 55.8 Å². The summed E-state index contributed by atoms with van der Waals surface area (Å²) in [7, 11) is 1.58. The van der Waals surface area contributed by atoms with Crippen LogP contribution in [0.3, 0.4) is 0 Å². The fourth-order valence-electron chi connectivity index (χ4n) is 4.36. The Morgan fingerprint density at radius 2 is 1.63 bits per heavy atom. The molecule has 0 bridgehead atoms. The van der Waals surface area contributed by atoms with Crippen molar-refractivity contribution in [3.05, 3.63) is 29.8 Å². The Kier molecular flexibility index (Phi) is 7.71. The van der Waals surface area contributed by atoms with Crippen LogP contribution >= 0.6 is 0 Å². The van der Waals surface area contributed by atoms with Crippen molar-refractivity contribution in [2.45, 2.75) is 51.5 Å². The van der Waals surface area contributed by atoms with Gasteiger partial charge < -0.3 is 19.9 Å². The maximum Gasteiger partial charge on any atom is 0.251 e. The Morgan fingerprint density at radius 3 is 2.20 bits per heavy atom. The van der Waals surface area contributed by atoms with Gasteiger partial charge in [0.25, 0.3) is 5.91 Å². The summed E-state index contributed by atoms with van der Waals surface area (Å²) in [5.41, 5.74) is 0.505. The van der Waals surface area contributed by atoms with Crippen molar-refractivity contribution in [3.8, 4) is 5.75 Å². The lowest BCUT2D eigenvalue weighted by molar-refractivity contribution is -0.136. The summed E-state index contributed by atoms with van der Waals surface area (Å²) in [5.74, 6) is 0.620. The molecule has 0 saturated carbocycles. The van der Waals surface area contributed by atoms with Gasteiger partial charge in [-0.25, -0.2) is 0 Å². The van der Waals surface area contributed by atoms with Gasteiger partial charge in [-0.2, -0.15) is 0 Å². The summed E-state index contributed by atoms with van der Waals surface area (Å²) in [6.45, 7) is 4.65. The molecule has 0 radical (unpaired) electrons. The van der Waals surface area contributed by atoms with Gasteiger partial charge in [0.15, 0.2) is 0 Å². The third kappa shape index (κ3) is 5.32. The fourth-order valence-corrected chi connectivity index (χ4v) is 4.36. The first-order chi connectivity index (χ1) is 14.5. The minimum atomic E-state index is -0.559. The number of benzene rings is 1. The Balaban J connectivity index is 1.72. The van der Waals surface area contributed by atoms with E-state index in [2.05, 4.69) is 5.32 Å². The number of methoxy groups -OCH3 is 1. The normalized spacial score (nSPS) is 18.6. The van der Waals surface area contributed by atoms with Gasteiger partial charge in [0, 0.05) is 38.2 Å². The first kappa shape index (κ1) is 22.1. The molecule has 2 aliphatic rings. The number of rotatable bonds is 6. The van der Waals surface area contributed by atoms with Gasteiger partial charge in [-0.1, -0.05) is 6.92 Å². The van der Waals surface area contributed by atoms with Crippen LogP contribution in [0.4, 0.5) is 0 Å². The van der Waals surface area contributed by atoms with E-state index >= 15 is 0 Å². The van der Waals surface area contributed by atoms with Crippen molar-refractivity contribution in [1.82, 2.24) is 15.1 Å². The van der Waals surface area contributed by atoms with Crippen molar-refractivity contribution < 1.29 is 19.1 Å². The molecule has 1 aromatic carbocycles. The van der Waals surface area contributed by atoms with Crippen molar-refractivity contribution in [2.75, 3.05) is 33.3 Å². The maximum absolute atomic E-state index is 13.3. The number of nitrogens with one attached hydrogen (secondary N) is 1. The number of piperidine rings is 2. The molecular weight excluding hydrogens is 382 g/mol. The Bertz CT molecular complexity index is 735. The van der Waals surface area contributed by atoms with E-state index in [9.17, 15) is 14.4 Å². The highest BCUT2D eigenvalue weighted by Gasteiger charge is 2.36. The van der Waals surface area contributed by atoms with Crippen LogP contribution in [0.5, 0.6) is 5.75 Å². The second-order valence-corrected chi connectivity index (χ2v) is 8.14. The van der Waals surface area contributed by atoms with Gasteiger partial charge in [-0.3, -0.25) is 14.4 Å². The molecule has 3 rings (SSSR count). The molecule has 0 aromatic heterocycles. The smallest absolute Gasteiger partial charge is 0.251 e. The fraction of sp³-hybridized carbons (Fsp3) is 0.609. The van der Waals surface area contributed by atoms with E-state index in [-0.39, 0.29) is 23.6 Å². The van der Waals surface area contributed by atoms with E-state index in [0.29, 0.717) is 30.8 Å². The molecule has 1 atom stereocenters. The van der Waals surface area contributed by atoms with Gasteiger partial charge in [-0.05, 0) is 62.3 Å². The second kappa shape index (κ2) is 10.5. The van der Waals surface area contributed by atoms with Crippen LogP contribution in [-0.4, -0.2) is 66.9 Å². The zero-order valence-electron chi connectivity index (χ0n) is 18.1. The lowest BCUT2D eigenvalue weighted by Crippen LogP contribution is -2.55. The SMILES string of the molecule is CCC(=O)N1CCC(C(NC(=O)c2ccc(OC)cc2)C(=O)N2CCCCC2)CC1. The van der Waals surface area contributed by atoms with Crippen molar-refractivity contribution in [2.24, 2.45) is 5.92 Å². The molecule has 7 heteroatoms. The molecule has 1 aromatic rings. The highest BCUT2D eigenvalue weighted by molar-refractivity contribution is 5.97. The minimum absolute atomic E-state index is 0.0110. The summed E-state index contributed by atoms with van der Waals surface area (Å²) in [6, 6.07) is 6.34. The molecule has 2 aliphatic heterocycles. The molecule has 30 heavy (non-hydrogen) atoms. The van der Waals surface area contributed by atoms with Gasteiger partial charge in [0.05, 0.1) is 7.11 Å². The number of hydrogen-bond acceptors (Lipinski definition) is 4. The zero-order chi connectivity index (χ0) is 21.5. The zero-order valence-corrected chi connectivity index (χ0v) is 18.1. The summed E-state index contributed by atoms with van der Waals surface area (Å²) in [6.07, 6.45) is 5.10. The highest BCUT2D eigenvalue weighted by Crippen LogP contribution is 2.24. The van der Waals surface area contributed by atoms with Crippen molar-refractivity contribution >= 4 is 17.7 Å². The maximum atomic E-state index is 13.3. The van der Waals surface area contributed by atoms with Crippen LogP contribution in [0.2, 0.25) is 0 Å². The molecule has 164 valence electrons. The van der Waals surface area contributed by atoms with Gasteiger partial charge in [0.1, 0.15) is 11.8 Å². The third-order valence-electron chi connectivity index (χ3n) is 6.24. The molecule has 3 amide bonds. The van der Waals surface area contributed by atoms with E-state index in [1.54, 1.807) is 31.4 Å². The van der Waals surface area contributed by atoms with E-state index in [4.69, 9.17) is 4.74 Å². The average molecular weight is 416 g/mol. The van der Waals surface area contributed by atoms with Crippen molar-refractivity contribution in [3.63, 3.8) is 0 Å². The van der Waals surface area contributed by atoms with E-state index in [1.807, 2.05) is 16.7 Å². The number of amides is 3. The third-order valence-corrected chi connectivity index (χ3v) is 6.24. The largest absolute Gasteiger partial charge is 0.497 e. The van der Waals surface area contributed by atoms with Crippen LogP contribution in [0.15, 0.2) is 24.3 Å². The van der Waals surface area contributed by atoms with Crippen LogP contribution < -0.4 is 10.1 Å². The number of ether oxygens (including phenoxy) is 1. The first-order valence-electron chi connectivity index (χ1n) is 11.0. The highest BCUT2D eigenvalue weighted by atomic mass is 16.5. The predicted octanol–water partition coefficient (Wildman–Crippen LogP) is 2.45. The quantitative estimate of drug-likeness (QED) is 0.774. The lowest BCUT2D eigenvalue weighted by atomic mass is 9.87. The van der Waals surface area contributed by atoms with Crippen LogP contribution in [0, 0.1) is 5.92 Å². The van der Waals surface area contributed by atoms with Gasteiger partial charge in [-0.15, -0.1) is 0 Å². The average Bonchev–Trinajstić information content (AvgIpc) is 2.82. The topological polar surface area (TPSA) is 79.0 Å². The number of carbonyl (C=O) groups excluding carboxylic acids is 3. The summed E-state index contributed by atoms with van der Waals surface area (Å²) < 4.78 is 5.16. The molecule has 2 fully saturated rings. The summed E-state index contributed by atoms with van der Waals surface area (Å²) >= 11 is 0. The van der Waals surface area contributed by atoms with Crippen LogP contribution in [0.25, 0.3) is 0 Å². The molecule has 1 N–H and O–H groups in total. The number of hydrogen-bond donors (Lipinski definition) is 1. The van der Waals surface area contributed by atoms with Crippen molar-refractivity contribution in [1.29, 1.82) is 0 Å². The van der Waals surface area contributed by atoms with E-state index < -0.39 is 6.04 Å². The minimum Gasteiger partial charge on any atom is -0.497 e. The molecule has 1 unspecified atom stereocenters. The molecule has 2 heterocycles. The number of nitrogens with zero attached hydrogens (tertiary/aromatic N) is 2.